The summed E-state index contributed by atoms with van der Waals surface area (Å²) in [5, 5.41) is 299. The van der Waals surface area contributed by atoms with Gasteiger partial charge in [0.25, 0.3) is 0 Å². The molecule has 0 bridgehead atoms. The summed E-state index contributed by atoms with van der Waals surface area (Å²) in [5.74, 6) is -4.09. The van der Waals surface area contributed by atoms with Gasteiger partial charge in [0.1, 0.15) is 170 Å². The van der Waals surface area contributed by atoms with Crippen molar-refractivity contribution in [1.82, 2.24) is 0 Å². The molecule has 0 radical (unpaired) electrons. The minimum absolute atomic E-state index is 0.00174. The van der Waals surface area contributed by atoms with Gasteiger partial charge in [0.2, 0.25) is 12.6 Å². The number of allylic oxidation sites excluding steroid dienone is 3. The van der Waals surface area contributed by atoms with Gasteiger partial charge < -0.3 is 223 Å². The van der Waals surface area contributed by atoms with Crippen LogP contribution < -0.4 is 0 Å². The Bertz CT molecular complexity index is 4160. The lowest BCUT2D eigenvalue weighted by Gasteiger charge is -2.72. The van der Waals surface area contributed by atoms with Crippen LogP contribution in [0.3, 0.4) is 0 Å². The molecule has 4 saturated carbocycles. The molecule has 14 aliphatic rings. The summed E-state index contributed by atoms with van der Waals surface area (Å²) >= 11 is 0. The van der Waals surface area contributed by atoms with E-state index in [0.717, 1.165) is 0 Å². The minimum atomic E-state index is -2.41. The molecule has 13 fully saturated rings. The maximum atomic E-state index is 16.7. The number of esters is 2. The van der Waals surface area contributed by atoms with Gasteiger partial charge in [0.05, 0.1) is 68.1 Å². The van der Waals surface area contributed by atoms with Gasteiger partial charge >= 0.3 is 11.9 Å². The Morgan fingerprint density at radius 1 is 0.464 bits per heavy atom. The normalized spacial score (nSPS) is 52.4. The molecule has 9 saturated heterocycles. The highest BCUT2D eigenvalue weighted by atomic mass is 17.2. The average Bonchev–Trinajstić information content (AvgIpc) is 0.688. The summed E-state index contributed by atoms with van der Waals surface area (Å²) in [4.78, 5) is 43.0. The van der Waals surface area contributed by atoms with Crippen LogP contribution in [0.2, 0.25) is 0 Å². The number of hydrogen-bond acceptors (Lipinski definition) is 49. The first kappa shape index (κ1) is 110. The molecule has 792 valence electrons. The van der Waals surface area contributed by atoms with Crippen LogP contribution >= 0.6 is 0 Å². The Morgan fingerprint density at radius 2 is 0.978 bits per heavy atom. The van der Waals surface area contributed by atoms with E-state index in [2.05, 4.69) is 20.4 Å². The second-order valence-corrected chi connectivity index (χ2v) is 41.9. The van der Waals surface area contributed by atoms with Gasteiger partial charge in [0.15, 0.2) is 75.1 Å². The molecule has 54 atom stereocenters. The Balaban J connectivity index is 0.762. The number of aliphatic hydroxyl groups excluding tert-OH is 27. The zero-order chi connectivity index (χ0) is 101. The molecule has 0 amide bonds. The number of ether oxygens (including phenoxy) is 18. The fraction of sp³-hybridized carbons (Fsp3) is 0.910. The van der Waals surface area contributed by atoms with Crippen LogP contribution in [0.1, 0.15) is 140 Å². The highest BCUT2D eigenvalue weighted by molar-refractivity contribution is 5.89. The molecule has 0 aromatic rings. The van der Waals surface area contributed by atoms with E-state index in [-0.39, 0.29) is 49.5 Å². The number of aliphatic hydroxyl groups is 27. The second kappa shape index (κ2) is 42.5. The molecule has 138 heavy (non-hydrogen) atoms. The highest BCUT2D eigenvalue weighted by Gasteiger charge is 2.74. The van der Waals surface area contributed by atoms with E-state index in [0.29, 0.717) is 31.3 Å². The molecule has 9 heterocycles. The zero-order valence-corrected chi connectivity index (χ0v) is 78.2. The first-order chi connectivity index (χ1) is 64.6. The molecule has 27 N–H and O–H groups in total. The Kier molecular flexibility index (Phi) is 33.9. The number of carbonyl (C=O) groups excluding carboxylic acids is 2. The standard InChI is InChI=1S/C89H142O49/c1-13-85(9,136-77-60(110)49(99)44(94)30(2)121-77)20-14-15-33(26-90)69(114)126-43-25-89(82(118)135-80-67(54(104)56(106)71(116)134-80)131-76-63(113)65(129-74-59(109)51(101)55(105)70(115)132-74)64(32(4)123-76)128-75-62(112)57(107)72(117)133-75)35(23-83(43,5)6)34-16-17-40-86(10)21-19-42(84(7,8)39(86)18-22-87(40,11)88(34,12)24-41(89)93)127-81-68(137-138-78-61(111)50(100)47(97)37(27-91)124-78)53(103)48(98)38(125-81)29-120-79-66(52(102)45(95)31(3)122-79)130-73-58(108)46(96)36(92)28-119-73/h13,15-16,30-32,35-68,70-81,90-113,115-117H,1,14,17-29H2,2-12H3/b33-15+/t30-,31-,32+,35-,36-,37-,38-,39-,40-,41-,42-,43-,44-,45+,46+,47-,48-,49+,50+,51+,52+,53+,54+,55+,56+,57-,58-,59-,60-,61-,62-,63-,64+,65+,66-,67-,68-,70+,71+,72-,73+,74-,75-,76+,77+,78-,79-,80+,81+,85-,86-,87-,88-,89-/m1/s1. The SMILES string of the molecule is C=C[C@](C)(CC/C=C(\CO)C(=O)O[C@@H]1C[C@]2(C(=O)O[C@@H]3O[C@H](O)[C@@H](O)[C@H](O)[C@H]3O[C@@H]3O[C@@H](C)[C@H](O[C@@H]4O[C@@H](O)[C@H](O)[C@H]4O)[C@@H](O[C@@H]4O[C@H](O)[C@@H](O)[C@H](O)[C@H]4O)[C@H]3O)[C@H](O)C[C@]3(C)C(=CC[C@@H]4[C@]5(C)CC[C@@H](O[C@@H]6O[C@H](CO[C@@H]7O[C@H](C)[C@H](O)[C@H](O)[C@H]7O[C@@H]7OC[C@@H](O)[C@H](O)[C@H]7O)[C@@H](O)[C@H](O)[C@H]6OO[C@H]6O[C@H](CO)[C@@H](O)[C@H](O)[C@H]6O)C(C)(C)[C@H]5CC[C@]43C)[C@H]2CC1(C)C)O[C@@H]1O[C@H](C)[C@@H](O)[C@H](O)[C@H]1O. The van der Waals surface area contributed by atoms with Crippen molar-refractivity contribution in [3.05, 3.63) is 36.0 Å². The van der Waals surface area contributed by atoms with Gasteiger partial charge in [-0.1, -0.05) is 72.3 Å². The first-order valence-electron chi connectivity index (χ1n) is 47.0. The van der Waals surface area contributed by atoms with Crippen molar-refractivity contribution in [3.63, 3.8) is 0 Å². The van der Waals surface area contributed by atoms with E-state index in [1.807, 2.05) is 26.8 Å². The third-order valence-electron chi connectivity index (χ3n) is 32.6. The molecule has 0 unspecified atom stereocenters. The lowest BCUT2D eigenvalue weighted by Crippen LogP contribution is -2.70. The maximum Gasteiger partial charge on any atom is 0.336 e. The molecule has 5 aliphatic carbocycles. The second-order valence-electron chi connectivity index (χ2n) is 41.9. The summed E-state index contributed by atoms with van der Waals surface area (Å²) < 4.78 is 108. The molecule has 0 spiro atoms. The largest absolute Gasteiger partial charge is 0.458 e. The van der Waals surface area contributed by atoms with E-state index in [9.17, 15) is 143 Å². The predicted octanol–water partition coefficient (Wildman–Crippen LogP) is -9.62. The van der Waals surface area contributed by atoms with Crippen molar-refractivity contribution in [2.45, 2.75) is 429 Å². The van der Waals surface area contributed by atoms with E-state index in [1.54, 1.807) is 20.8 Å². The fourth-order valence-corrected chi connectivity index (χ4v) is 23.7. The minimum Gasteiger partial charge on any atom is -0.458 e. The summed E-state index contributed by atoms with van der Waals surface area (Å²) in [6.45, 7) is 20.3. The van der Waals surface area contributed by atoms with Crippen LogP contribution in [-0.2, 0) is 105 Å². The molecule has 0 aromatic heterocycles. The summed E-state index contributed by atoms with van der Waals surface area (Å²) in [7, 11) is 0. The van der Waals surface area contributed by atoms with Crippen molar-refractivity contribution in [2.75, 3.05) is 26.4 Å². The smallest absolute Gasteiger partial charge is 0.336 e. The van der Waals surface area contributed by atoms with Crippen LogP contribution in [0.15, 0.2) is 36.0 Å². The maximum absolute atomic E-state index is 16.7. The highest BCUT2D eigenvalue weighted by Crippen LogP contribution is 2.76. The summed E-state index contributed by atoms with van der Waals surface area (Å²) in [6.07, 6.45) is -79.8. The van der Waals surface area contributed by atoms with Crippen LogP contribution in [0.25, 0.3) is 0 Å². The van der Waals surface area contributed by atoms with Crippen LogP contribution in [0.4, 0.5) is 0 Å². The Labute approximate surface area is 793 Å². The molecule has 14 rings (SSSR count). The lowest BCUT2D eigenvalue weighted by atomic mass is 9.33. The van der Waals surface area contributed by atoms with Gasteiger partial charge in [-0.3, -0.25) is 4.79 Å². The number of hydrogen-bond donors (Lipinski definition) is 27. The molecule has 49 heteroatoms. The number of carbonyl (C=O) groups is 2. The topological polar surface area (TPSA) is 765 Å². The Morgan fingerprint density at radius 3 is 1.61 bits per heavy atom. The average molecular weight is 2000 g/mol. The zero-order valence-electron chi connectivity index (χ0n) is 78.2. The first-order valence-corrected chi connectivity index (χ1v) is 47.0. The van der Waals surface area contributed by atoms with Crippen LogP contribution in [0.5, 0.6) is 0 Å². The summed E-state index contributed by atoms with van der Waals surface area (Å²) in [5.41, 5.74) is -7.96. The molecule has 49 nitrogen and oxygen atoms in total. The summed E-state index contributed by atoms with van der Waals surface area (Å²) in [6, 6.07) is 0. The Hall–Kier alpha value is -3.64. The third kappa shape index (κ3) is 20.3. The lowest BCUT2D eigenvalue weighted by molar-refractivity contribution is -0.475. The van der Waals surface area contributed by atoms with Crippen molar-refractivity contribution < 1.29 is 243 Å². The molecule has 9 aliphatic heterocycles. The van der Waals surface area contributed by atoms with Crippen molar-refractivity contribution in [1.29, 1.82) is 0 Å². The van der Waals surface area contributed by atoms with Gasteiger partial charge in [0, 0.05) is 11.8 Å². The van der Waals surface area contributed by atoms with Gasteiger partial charge in [-0.15, -0.1) is 6.58 Å². The molecule has 0 aromatic carbocycles. The van der Waals surface area contributed by atoms with Crippen LogP contribution in [-0.4, -0.2) is 465 Å². The van der Waals surface area contributed by atoms with E-state index in [1.165, 1.54) is 32.9 Å². The molecular formula is C89H142O49. The van der Waals surface area contributed by atoms with Crippen molar-refractivity contribution >= 4 is 11.9 Å². The van der Waals surface area contributed by atoms with Gasteiger partial charge in [-0.2, -0.15) is 0 Å². The van der Waals surface area contributed by atoms with Crippen molar-refractivity contribution in [2.24, 2.45) is 50.2 Å². The molecular weight excluding hydrogens is 1850 g/mol. The van der Waals surface area contributed by atoms with Crippen LogP contribution in [0, 0.1) is 50.2 Å². The quantitative estimate of drug-likeness (QED) is 0.00864. The van der Waals surface area contributed by atoms with E-state index >= 15 is 4.79 Å². The fourth-order valence-electron chi connectivity index (χ4n) is 23.7. The number of fused-ring (bicyclic) bond motifs is 7. The third-order valence-corrected chi connectivity index (χ3v) is 32.6. The van der Waals surface area contributed by atoms with E-state index in [4.69, 9.17) is 95.0 Å². The van der Waals surface area contributed by atoms with E-state index < -0.39 is 372 Å². The monoisotopic (exact) mass is 1990 g/mol. The van der Waals surface area contributed by atoms with Gasteiger partial charge in [-0.05, 0) is 125 Å². The number of rotatable bonds is 28. The predicted molar refractivity (Wildman–Crippen MR) is 448 cm³/mol. The van der Waals surface area contributed by atoms with Gasteiger partial charge in [-0.25, -0.2) is 14.6 Å². The van der Waals surface area contributed by atoms with Crippen molar-refractivity contribution in [3.8, 4) is 0 Å².